The fourth-order valence-corrected chi connectivity index (χ4v) is 2.75. The van der Waals surface area contributed by atoms with Gasteiger partial charge in [-0.2, -0.15) is 0 Å². The van der Waals surface area contributed by atoms with Gasteiger partial charge in [-0.15, -0.1) is 0 Å². The van der Waals surface area contributed by atoms with Gasteiger partial charge in [0.25, 0.3) is 0 Å². The average Bonchev–Trinajstić information content (AvgIpc) is 2.19. The standard InChI is InChI=1S/C15H31NO/c1-5-7-16(4)8-6-9-17-15-11-14(12-15)10-13(2)3/h13-15H,5-12H2,1-4H3/t14-,15-. The van der Waals surface area contributed by atoms with Crippen LogP contribution in [0.1, 0.15) is 52.9 Å². The number of hydrogen-bond acceptors (Lipinski definition) is 2. The monoisotopic (exact) mass is 241 g/mol. The summed E-state index contributed by atoms with van der Waals surface area (Å²) in [6.45, 7) is 10.2. The van der Waals surface area contributed by atoms with Crippen molar-refractivity contribution in [2.24, 2.45) is 11.8 Å². The van der Waals surface area contributed by atoms with E-state index < -0.39 is 0 Å². The number of rotatable bonds is 9. The van der Waals surface area contributed by atoms with Crippen molar-refractivity contribution in [2.45, 2.75) is 59.0 Å². The predicted molar refractivity (Wildman–Crippen MR) is 74.3 cm³/mol. The minimum atomic E-state index is 0.579. The molecule has 2 nitrogen and oxygen atoms in total. The van der Waals surface area contributed by atoms with E-state index in [4.69, 9.17) is 4.74 Å². The van der Waals surface area contributed by atoms with Crippen molar-refractivity contribution in [1.82, 2.24) is 4.90 Å². The highest BCUT2D eigenvalue weighted by Gasteiger charge is 2.29. The number of hydrogen-bond donors (Lipinski definition) is 0. The van der Waals surface area contributed by atoms with Crippen molar-refractivity contribution < 1.29 is 4.74 Å². The molecule has 1 fully saturated rings. The van der Waals surface area contributed by atoms with Crippen LogP contribution < -0.4 is 0 Å². The molecule has 1 aliphatic carbocycles. The second-order valence-electron chi connectivity index (χ2n) is 6.12. The summed E-state index contributed by atoms with van der Waals surface area (Å²) in [5.41, 5.74) is 0. The molecule has 0 atom stereocenters. The molecule has 0 unspecified atom stereocenters. The largest absolute Gasteiger partial charge is 0.378 e. The Balaban J connectivity index is 1.89. The van der Waals surface area contributed by atoms with Crippen LogP contribution in [-0.2, 0) is 4.74 Å². The van der Waals surface area contributed by atoms with Crippen LogP contribution in [0, 0.1) is 11.8 Å². The molecule has 0 heterocycles. The minimum absolute atomic E-state index is 0.579. The molecule has 2 heteroatoms. The van der Waals surface area contributed by atoms with Gasteiger partial charge >= 0.3 is 0 Å². The first kappa shape index (κ1) is 15.0. The molecule has 17 heavy (non-hydrogen) atoms. The lowest BCUT2D eigenvalue weighted by molar-refractivity contribution is -0.0375. The third-order valence-corrected chi connectivity index (χ3v) is 3.64. The van der Waals surface area contributed by atoms with Crippen molar-refractivity contribution in [3.63, 3.8) is 0 Å². The van der Waals surface area contributed by atoms with Gasteiger partial charge in [-0.1, -0.05) is 20.8 Å². The lowest BCUT2D eigenvalue weighted by Gasteiger charge is -2.36. The van der Waals surface area contributed by atoms with Gasteiger partial charge in [0.1, 0.15) is 0 Å². The first-order valence-corrected chi connectivity index (χ1v) is 7.42. The van der Waals surface area contributed by atoms with Crippen LogP contribution in [-0.4, -0.2) is 37.7 Å². The third-order valence-electron chi connectivity index (χ3n) is 3.64. The summed E-state index contributed by atoms with van der Waals surface area (Å²) in [7, 11) is 2.20. The second-order valence-corrected chi connectivity index (χ2v) is 6.12. The molecule has 102 valence electrons. The van der Waals surface area contributed by atoms with Gasteiger partial charge < -0.3 is 9.64 Å². The normalized spacial score (nSPS) is 24.4. The van der Waals surface area contributed by atoms with E-state index in [9.17, 15) is 0 Å². The van der Waals surface area contributed by atoms with Gasteiger partial charge in [-0.3, -0.25) is 0 Å². The fraction of sp³-hybridized carbons (Fsp3) is 1.00. The van der Waals surface area contributed by atoms with Crippen LogP contribution in [0.25, 0.3) is 0 Å². The summed E-state index contributed by atoms with van der Waals surface area (Å²) in [6.07, 6.45) is 7.01. The Morgan fingerprint density at radius 1 is 1.24 bits per heavy atom. The second kappa shape index (κ2) is 8.10. The van der Waals surface area contributed by atoms with Crippen molar-refractivity contribution in [1.29, 1.82) is 0 Å². The first-order chi connectivity index (χ1) is 8.11. The van der Waals surface area contributed by atoms with E-state index in [1.54, 1.807) is 0 Å². The molecule has 0 spiro atoms. The predicted octanol–water partition coefficient (Wildman–Crippen LogP) is 3.56. The molecular formula is C15H31NO. The number of nitrogens with zero attached hydrogens (tertiary/aromatic N) is 1. The summed E-state index contributed by atoms with van der Waals surface area (Å²) in [5.74, 6) is 1.80. The Kier molecular flexibility index (Phi) is 7.14. The summed E-state index contributed by atoms with van der Waals surface area (Å²) >= 11 is 0. The molecule has 1 aliphatic rings. The Labute approximate surface area is 108 Å². The average molecular weight is 241 g/mol. The van der Waals surface area contributed by atoms with Gasteiger partial charge in [0.05, 0.1) is 6.10 Å². The molecule has 0 radical (unpaired) electrons. The highest BCUT2D eigenvalue weighted by atomic mass is 16.5. The van der Waals surface area contributed by atoms with Crippen LogP contribution in [0.4, 0.5) is 0 Å². The first-order valence-electron chi connectivity index (χ1n) is 7.42. The molecule has 0 saturated heterocycles. The Morgan fingerprint density at radius 2 is 1.94 bits per heavy atom. The van der Waals surface area contributed by atoms with Crippen LogP contribution in [0.2, 0.25) is 0 Å². The van der Waals surface area contributed by atoms with Crippen molar-refractivity contribution >= 4 is 0 Å². The van der Waals surface area contributed by atoms with Gasteiger partial charge in [0.2, 0.25) is 0 Å². The SMILES string of the molecule is CCCN(C)CCCO[C@H]1C[C@H](CC(C)C)C1. The maximum Gasteiger partial charge on any atom is 0.0580 e. The molecule has 1 rings (SSSR count). The zero-order valence-electron chi connectivity index (χ0n) is 12.2. The molecule has 0 N–H and O–H groups in total. The van der Waals surface area contributed by atoms with Crippen LogP contribution in [0.5, 0.6) is 0 Å². The molecule has 0 amide bonds. The van der Waals surface area contributed by atoms with Gasteiger partial charge in [-0.25, -0.2) is 0 Å². The highest BCUT2D eigenvalue weighted by Crippen LogP contribution is 2.34. The van der Waals surface area contributed by atoms with Crippen LogP contribution in [0.3, 0.4) is 0 Å². The quantitative estimate of drug-likeness (QED) is 0.572. The molecule has 1 saturated carbocycles. The Hall–Kier alpha value is -0.0800. The zero-order chi connectivity index (χ0) is 12.7. The topological polar surface area (TPSA) is 12.5 Å². The molecule has 0 aromatic carbocycles. The molecular weight excluding hydrogens is 210 g/mol. The third kappa shape index (κ3) is 6.42. The lowest BCUT2D eigenvalue weighted by atomic mass is 9.77. The van der Waals surface area contributed by atoms with E-state index in [1.807, 2.05) is 0 Å². The van der Waals surface area contributed by atoms with E-state index in [1.165, 1.54) is 45.2 Å². The molecule has 0 aromatic rings. The van der Waals surface area contributed by atoms with Crippen molar-refractivity contribution in [3.8, 4) is 0 Å². The summed E-state index contributed by atoms with van der Waals surface area (Å²) < 4.78 is 5.89. The van der Waals surface area contributed by atoms with Crippen LogP contribution >= 0.6 is 0 Å². The fourth-order valence-electron chi connectivity index (χ4n) is 2.75. The molecule has 0 bridgehead atoms. The lowest BCUT2D eigenvalue weighted by Crippen LogP contribution is -2.33. The van der Waals surface area contributed by atoms with Gasteiger partial charge in [0, 0.05) is 13.2 Å². The van der Waals surface area contributed by atoms with Gasteiger partial charge in [0.15, 0.2) is 0 Å². The van der Waals surface area contributed by atoms with E-state index in [-0.39, 0.29) is 0 Å². The van der Waals surface area contributed by atoms with Crippen LogP contribution in [0.15, 0.2) is 0 Å². The maximum atomic E-state index is 5.89. The van der Waals surface area contributed by atoms with Gasteiger partial charge in [-0.05, 0) is 57.5 Å². The molecule has 0 aliphatic heterocycles. The maximum absolute atomic E-state index is 5.89. The minimum Gasteiger partial charge on any atom is -0.378 e. The Morgan fingerprint density at radius 3 is 2.53 bits per heavy atom. The van der Waals surface area contributed by atoms with E-state index in [0.717, 1.165) is 18.4 Å². The summed E-state index contributed by atoms with van der Waals surface area (Å²) in [6, 6.07) is 0. The highest BCUT2D eigenvalue weighted by molar-refractivity contribution is 4.80. The number of ether oxygens (including phenoxy) is 1. The van der Waals surface area contributed by atoms with E-state index >= 15 is 0 Å². The Bertz CT molecular complexity index is 187. The molecule has 0 aromatic heterocycles. The summed E-state index contributed by atoms with van der Waals surface area (Å²) in [4.78, 5) is 2.39. The van der Waals surface area contributed by atoms with E-state index in [0.29, 0.717) is 6.10 Å². The summed E-state index contributed by atoms with van der Waals surface area (Å²) in [5, 5.41) is 0. The van der Waals surface area contributed by atoms with Crippen molar-refractivity contribution in [2.75, 3.05) is 26.7 Å². The smallest absolute Gasteiger partial charge is 0.0580 e. The van der Waals surface area contributed by atoms with Crippen molar-refractivity contribution in [3.05, 3.63) is 0 Å². The zero-order valence-corrected chi connectivity index (χ0v) is 12.2. The van der Waals surface area contributed by atoms with E-state index in [2.05, 4.69) is 32.7 Å².